The quantitative estimate of drug-likeness (QED) is 0.727. The number of anilines is 1. The van der Waals surface area contributed by atoms with E-state index >= 15 is 0 Å². The van der Waals surface area contributed by atoms with Gasteiger partial charge in [0.15, 0.2) is 11.5 Å². The fraction of sp³-hybridized carbons (Fsp3) is 0.476. The summed E-state index contributed by atoms with van der Waals surface area (Å²) in [5, 5.41) is 0. The van der Waals surface area contributed by atoms with Crippen LogP contribution in [0.1, 0.15) is 6.92 Å². The molecule has 4 rings (SSSR count). The highest BCUT2D eigenvalue weighted by atomic mass is 16.6. The molecule has 1 saturated heterocycles. The molecule has 0 N–H and O–H groups in total. The Hall–Kier alpha value is -2.87. The maximum atomic E-state index is 12.8. The Bertz CT molecular complexity index is 811. The second-order valence-electron chi connectivity index (χ2n) is 7.24. The number of ether oxygens (including phenoxy) is 2. The summed E-state index contributed by atoms with van der Waals surface area (Å²) in [7, 11) is 0. The van der Waals surface area contributed by atoms with Gasteiger partial charge in [0.1, 0.15) is 12.7 Å². The number of piperazine rings is 1. The molecule has 1 unspecified atom stereocenters. The molecule has 1 aromatic heterocycles. The van der Waals surface area contributed by atoms with E-state index in [1.165, 1.54) is 0 Å². The Morgan fingerprint density at radius 1 is 1.10 bits per heavy atom. The van der Waals surface area contributed by atoms with Crippen molar-refractivity contribution in [3.8, 4) is 11.5 Å². The Kier molecular flexibility index (Phi) is 6.09. The van der Waals surface area contributed by atoms with Crippen molar-refractivity contribution in [3.05, 3.63) is 42.7 Å². The van der Waals surface area contributed by atoms with E-state index in [2.05, 4.69) is 26.7 Å². The van der Waals surface area contributed by atoms with Crippen molar-refractivity contribution in [1.29, 1.82) is 0 Å². The zero-order valence-electron chi connectivity index (χ0n) is 16.7. The molecular weight excluding hydrogens is 370 g/mol. The monoisotopic (exact) mass is 397 g/mol. The summed E-state index contributed by atoms with van der Waals surface area (Å²) >= 11 is 0. The molecule has 0 radical (unpaired) electrons. The minimum Gasteiger partial charge on any atom is -0.486 e. The molecule has 3 heterocycles. The molecule has 8 nitrogen and oxygen atoms in total. The molecule has 2 aliphatic heterocycles. The molecular formula is C21H27N5O3. The van der Waals surface area contributed by atoms with Gasteiger partial charge >= 0.3 is 0 Å². The van der Waals surface area contributed by atoms with Crippen molar-refractivity contribution in [2.45, 2.75) is 13.0 Å². The van der Waals surface area contributed by atoms with E-state index in [9.17, 15) is 4.79 Å². The van der Waals surface area contributed by atoms with E-state index in [1.54, 1.807) is 12.4 Å². The van der Waals surface area contributed by atoms with Crippen molar-refractivity contribution in [2.24, 2.45) is 0 Å². The first-order valence-electron chi connectivity index (χ1n) is 10.1. The van der Waals surface area contributed by atoms with Crippen LogP contribution >= 0.6 is 0 Å². The number of likely N-dealkylation sites (N-methyl/N-ethyl adjacent to an activating group) is 1. The fourth-order valence-corrected chi connectivity index (χ4v) is 3.65. The minimum atomic E-state index is -0.0790. The van der Waals surface area contributed by atoms with Crippen LogP contribution in [0.3, 0.4) is 0 Å². The number of fused-ring (bicyclic) bond motifs is 1. The largest absolute Gasteiger partial charge is 0.486 e. The second kappa shape index (κ2) is 9.09. The lowest BCUT2D eigenvalue weighted by Crippen LogP contribution is -2.52. The molecule has 154 valence electrons. The van der Waals surface area contributed by atoms with Crippen LogP contribution in [0.2, 0.25) is 0 Å². The SMILES string of the molecule is CCN(CC(=O)N1CCN(c2ncccn2)CC1)CC1COc2ccccc2O1. The van der Waals surface area contributed by atoms with Gasteiger partial charge in [0.2, 0.25) is 11.9 Å². The van der Waals surface area contributed by atoms with Crippen molar-refractivity contribution < 1.29 is 14.3 Å². The molecule has 1 aromatic carbocycles. The van der Waals surface area contributed by atoms with Gasteiger partial charge in [0, 0.05) is 45.1 Å². The number of aromatic nitrogens is 2. The lowest BCUT2D eigenvalue weighted by molar-refractivity contribution is -0.133. The number of carbonyl (C=O) groups is 1. The topological polar surface area (TPSA) is 71.0 Å². The summed E-state index contributed by atoms with van der Waals surface area (Å²) in [6, 6.07) is 9.50. The van der Waals surface area contributed by atoms with Gasteiger partial charge in [-0.2, -0.15) is 0 Å². The molecule has 1 fully saturated rings. The van der Waals surface area contributed by atoms with E-state index < -0.39 is 0 Å². The van der Waals surface area contributed by atoms with E-state index in [0.717, 1.165) is 37.1 Å². The molecule has 0 aliphatic carbocycles. The van der Waals surface area contributed by atoms with Gasteiger partial charge in [-0.15, -0.1) is 0 Å². The fourth-order valence-electron chi connectivity index (χ4n) is 3.65. The van der Waals surface area contributed by atoms with Gasteiger partial charge in [0.05, 0.1) is 6.54 Å². The summed E-state index contributed by atoms with van der Waals surface area (Å²) < 4.78 is 11.8. The Morgan fingerprint density at radius 3 is 2.55 bits per heavy atom. The van der Waals surface area contributed by atoms with Crippen LogP contribution in [0.5, 0.6) is 11.5 Å². The highest BCUT2D eigenvalue weighted by Crippen LogP contribution is 2.31. The van der Waals surface area contributed by atoms with Gasteiger partial charge < -0.3 is 19.3 Å². The third kappa shape index (κ3) is 4.76. The van der Waals surface area contributed by atoms with E-state index in [1.807, 2.05) is 35.2 Å². The smallest absolute Gasteiger partial charge is 0.236 e. The molecule has 2 aliphatic rings. The number of rotatable bonds is 6. The van der Waals surface area contributed by atoms with Gasteiger partial charge in [0.25, 0.3) is 0 Å². The van der Waals surface area contributed by atoms with Crippen molar-refractivity contribution in [2.75, 3.05) is 57.3 Å². The third-order valence-electron chi connectivity index (χ3n) is 5.30. The first-order valence-corrected chi connectivity index (χ1v) is 10.1. The maximum Gasteiger partial charge on any atom is 0.236 e. The van der Waals surface area contributed by atoms with Crippen molar-refractivity contribution >= 4 is 11.9 Å². The van der Waals surface area contributed by atoms with E-state index in [0.29, 0.717) is 32.8 Å². The molecule has 0 bridgehead atoms. The van der Waals surface area contributed by atoms with Crippen molar-refractivity contribution in [3.63, 3.8) is 0 Å². The molecule has 29 heavy (non-hydrogen) atoms. The number of hydrogen-bond acceptors (Lipinski definition) is 7. The van der Waals surface area contributed by atoms with Crippen LogP contribution in [-0.2, 0) is 4.79 Å². The molecule has 8 heteroatoms. The lowest BCUT2D eigenvalue weighted by Gasteiger charge is -2.36. The first-order chi connectivity index (χ1) is 14.2. The summed E-state index contributed by atoms with van der Waals surface area (Å²) in [5.41, 5.74) is 0. The molecule has 2 aromatic rings. The average molecular weight is 397 g/mol. The van der Waals surface area contributed by atoms with Gasteiger partial charge in [-0.1, -0.05) is 19.1 Å². The van der Waals surface area contributed by atoms with Crippen LogP contribution in [0.4, 0.5) is 5.95 Å². The highest BCUT2D eigenvalue weighted by Gasteiger charge is 2.26. The molecule has 1 amide bonds. The van der Waals surface area contributed by atoms with Gasteiger partial charge in [-0.25, -0.2) is 9.97 Å². The zero-order chi connectivity index (χ0) is 20.1. The summed E-state index contributed by atoms with van der Waals surface area (Å²) in [4.78, 5) is 27.6. The normalized spacial score (nSPS) is 18.8. The van der Waals surface area contributed by atoms with Crippen LogP contribution in [0.15, 0.2) is 42.7 Å². The third-order valence-corrected chi connectivity index (χ3v) is 5.30. The van der Waals surface area contributed by atoms with Crippen LogP contribution in [0, 0.1) is 0 Å². The number of amides is 1. The Balaban J connectivity index is 1.26. The summed E-state index contributed by atoms with van der Waals surface area (Å²) in [6.07, 6.45) is 3.41. The molecule has 0 saturated carbocycles. The number of carbonyl (C=O) groups excluding carboxylic acids is 1. The highest BCUT2D eigenvalue weighted by molar-refractivity contribution is 5.78. The Labute approximate surface area is 171 Å². The Morgan fingerprint density at radius 2 is 1.83 bits per heavy atom. The van der Waals surface area contributed by atoms with E-state index in [4.69, 9.17) is 9.47 Å². The number of nitrogens with zero attached hydrogens (tertiary/aromatic N) is 5. The van der Waals surface area contributed by atoms with Crippen LogP contribution < -0.4 is 14.4 Å². The second-order valence-corrected chi connectivity index (χ2v) is 7.24. The minimum absolute atomic E-state index is 0.0790. The predicted octanol–water partition coefficient (Wildman–Crippen LogP) is 1.29. The average Bonchev–Trinajstić information content (AvgIpc) is 2.79. The maximum absolute atomic E-state index is 12.8. The van der Waals surface area contributed by atoms with Crippen molar-refractivity contribution in [1.82, 2.24) is 19.8 Å². The lowest BCUT2D eigenvalue weighted by atomic mass is 10.2. The van der Waals surface area contributed by atoms with Gasteiger partial charge in [-0.05, 0) is 24.7 Å². The number of benzene rings is 1. The first kappa shape index (κ1) is 19.4. The summed E-state index contributed by atoms with van der Waals surface area (Å²) in [5.74, 6) is 2.43. The zero-order valence-corrected chi connectivity index (χ0v) is 16.7. The molecule has 0 spiro atoms. The number of hydrogen-bond donors (Lipinski definition) is 0. The molecule has 1 atom stereocenters. The van der Waals surface area contributed by atoms with Crippen LogP contribution in [-0.4, -0.2) is 84.2 Å². The van der Waals surface area contributed by atoms with Gasteiger partial charge in [-0.3, -0.25) is 9.69 Å². The summed E-state index contributed by atoms with van der Waals surface area (Å²) in [6.45, 7) is 7.26. The predicted molar refractivity (Wildman–Crippen MR) is 109 cm³/mol. The van der Waals surface area contributed by atoms with E-state index in [-0.39, 0.29) is 12.0 Å². The van der Waals surface area contributed by atoms with Crippen LogP contribution in [0.25, 0.3) is 0 Å². The number of para-hydroxylation sites is 2. The standard InChI is InChI=1S/C21H27N5O3/c1-2-24(14-17-16-28-18-6-3-4-7-19(18)29-17)15-20(27)25-10-12-26(13-11-25)21-22-8-5-9-23-21/h3-9,17H,2,10-16H2,1H3.